The molecule has 0 bridgehead atoms. The van der Waals surface area contributed by atoms with Gasteiger partial charge in [-0.25, -0.2) is 4.98 Å². The van der Waals surface area contributed by atoms with Crippen LogP contribution in [0.2, 0.25) is 0 Å². The molecule has 2 heterocycles. The van der Waals surface area contributed by atoms with E-state index in [1.807, 2.05) is 18.2 Å². The largest absolute Gasteiger partial charge is 0.355 e. The monoisotopic (exact) mass is 329 g/mol. The zero-order valence-corrected chi connectivity index (χ0v) is 14.2. The van der Waals surface area contributed by atoms with Gasteiger partial charge in [0.1, 0.15) is 5.01 Å². The summed E-state index contributed by atoms with van der Waals surface area (Å²) in [5.41, 5.74) is 2.20. The van der Waals surface area contributed by atoms with Crippen LogP contribution in [0, 0.1) is 5.92 Å². The average molecular weight is 329 g/mol. The number of benzene rings is 1. The van der Waals surface area contributed by atoms with Crippen molar-refractivity contribution in [2.75, 3.05) is 13.1 Å². The van der Waals surface area contributed by atoms with Crippen molar-refractivity contribution in [2.45, 2.75) is 32.2 Å². The Labute approximate surface area is 141 Å². The van der Waals surface area contributed by atoms with Gasteiger partial charge in [0.15, 0.2) is 0 Å². The second-order valence-corrected chi connectivity index (χ2v) is 6.99. The number of aromatic nitrogens is 1. The molecule has 1 saturated heterocycles. The molecule has 0 saturated carbocycles. The molecular formula is C18H23N3OS. The van der Waals surface area contributed by atoms with Crippen molar-refractivity contribution in [3.8, 4) is 10.6 Å². The third-order valence-electron chi connectivity index (χ3n) is 4.25. The molecule has 4 nitrogen and oxygen atoms in total. The highest BCUT2D eigenvalue weighted by atomic mass is 32.1. The highest BCUT2D eigenvalue weighted by Crippen LogP contribution is 2.23. The van der Waals surface area contributed by atoms with Gasteiger partial charge in [-0.1, -0.05) is 30.3 Å². The summed E-state index contributed by atoms with van der Waals surface area (Å²) in [6.45, 7) is 3.74. The number of thiazole rings is 1. The predicted molar refractivity (Wildman–Crippen MR) is 94.5 cm³/mol. The molecule has 0 spiro atoms. The van der Waals surface area contributed by atoms with E-state index < -0.39 is 0 Å². The number of piperidine rings is 1. The molecule has 1 aliphatic heterocycles. The van der Waals surface area contributed by atoms with Crippen LogP contribution in [0.3, 0.4) is 0 Å². The molecule has 23 heavy (non-hydrogen) atoms. The smallest absolute Gasteiger partial charge is 0.223 e. The SMILES string of the molecule is C[C@H]1C[C@@H](C(=O)NCCc2csc(-c3ccccc3)n2)CCN1. The van der Waals surface area contributed by atoms with Gasteiger partial charge in [0.05, 0.1) is 5.69 Å². The van der Waals surface area contributed by atoms with Gasteiger partial charge in [-0.2, -0.15) is 0 Å². The first-order valence-electron chi connectivity index (χ1n) is 8.23. The third-order valence-corrected chi connectivity index (χ3v) is 5.19. The predicted octanol–water partition coefficient (Wildman–Crippen LogP) is 2.86. The van der Waals surface area contributed by atoms with Gasteiger partial charge >= 0.3 is 0 Å². The first-order chi connectivity index (χ1) is 11.2. The number of nitrogens with zero attached hydrogens (tertiary/aromatic N) is 1. The molecule has 1 aliphatic rings. The number of hydrogen-bond donors (Lipinski definition) is 2. The molecule has 0 aliphatic carbocycles. The van der Waals surface area contributed by atoms with Crippen LogP contribution in [0.4, 0.5) is 0 Å². The second-order valence-electron chi connectivity index (χ2n) is 6.13. The van der Waals surface area contributed by atoms with E-state index in [2.05, 4.69) is 40.1 Å². The molecule has 3 rings (SSSR count). The normalized spacial score (nSPS) is 21.1. The number of amides is 1. The van der Waals surface area contributed by atoms with E-state index in [1.165, 1.54) is 0 Å². The summed E-state index contributed by atoms with van der Waals surface area (Å²) in [7, 11) is 0. The van der Waals surface area contributed by atoms with Gasteiger partial charge in [-0.05, 0) is 26.3 Å². The highest BCUT2D eigenvalue weighted by Gasteiger charge is 2.24. The van der Waals surface area contributed by atoms with Gasteiger partial charge < -0.3 is 10.6 Å². The molecule has 1 fully saturated rings. The van der Waals surface area contributed by atoms with Crippen LogP contribution < -0.4 is 10.6 Å². The minimum Gasteiger partial charge on any atom is -0.355 e. The number of rotatable bonds is 5. The third kappa shape index (κ3) is 4.39. The Morgan fingerprint density at radius 2 is 2.22 bits per heavy atom. The van der Waals surface area contributed by atoms with E-state index in [9.17, 15) is 4.79 Å². The van der Waals surface area contributed by atoms with Crippen molar-refractivity contribution in [3.63, 3.8) is 0 Å². The Hall–Kier alpha value is -1.72. The number of nitrogens with one attached hydrogen (secondary N) is 2. The molecule has 2 aromatic rings. The van der Waals surface area contributed by atoms with Crippen LogP contribution in [0.5, 0.6) is 0 Å². The molecule has 2 atom stereocenters. The van der Waals surface area contributed by atoms with E-state index in [0.717, 1.165) is 42.1 Å². The van der Waals surface area contributed by atoms with Crippen molar-refractivity contribution in [1.82, 2.24) is 15.6 Å². The minimum absolute atomic E-state index is 0.154. The van der Waals surface area contributed by atoms with E-state index in [4.69, 9.17) is 0 Å². The number of carbonyl (C=O) groups is 1. The molecular weight excluding hydrogens is 306 g/mol. The Balaban J connectivity index is 1.47. The van der Waals surface area contributed by atoms with Gasteiger partial charge in [0, 0.05) is 35.9 Å². The molecule has 1 amide bonds. The lowest BCUT2D eigenvalue weighted by molar-refractivity contribution is -0.126. The van der Waals surface area contributed by atoms with Crippen molar-refractivity contribution < 1.29 is 4.79 Å². The first-order valence-corrected chi connectivity index (χ1v) is 9.11. The number of carbonyl (C=O) groups excluding carboxylic acids is 1. The molecule has 2 N–H and O–H groups in total. The lowest BCUT2D eigenvalue weighted by Crippen LogP contribution is -2.42. The van der Waals surface area contributed by atoms with Crippen molar-refractivity contribution in [1.29, 1.82) is 0 Å². The maximum absolute atomic E-state index is 12.2. The fourth-order valence-corrected chi connectivity index (χ4v) is 3.82. The lowest BCUT2D eigenvalue weighted by Gasteiger charge is -2.27. The van der Waals surface area contributed by atoms with Crippen LogP contribution in [0.25, 0.3) is 10.6 Å². The van der Waals surface area contributed by atoms with Crippen molar-refractivity contribution in [2.24, 2.45) is 5.92 Å². The first kappa shape index (κ1) is 16.1. The van der Waals surface area contributed by atoms with Gasteiger partial charge in [-0.15, -0.1) is 11.3 Å². The second kappa shape index (κ2) is 7.70. The summed E-state index contributed by atoms with van der Waals surface area (Å²) < 4.78 is 0. The standard InChI is InChI=1S/C18H23N3OS/c1-13-11-15(7-9-19-13)17(22)20-10-8-16-12-23-18(21-16)14-5-3-2-4-6-14/h2-6,12-13,15,19H,7-11H2,1H3,(H,20,22)/t13-,15-/m0/s1. The average Bonchev–Trinajstić information content (AvgIpc) is 3.04. The Kier molecular flexibility index (Phi) is 5.41. The zero-order valence-electron chi connectivity index (χ0n) is 13.4. The Bertz CT molecular complexity index is 641. The molecule has 0 unspecified atom stereocenters. The Morgan fingerprint density at radius 1 is 1.39 bits per heavy atom. The highest BCUT2D eigenvalue weighted by molar-refractivity contribution is 7.13. The summed E-state index contributed by atoms with van der Waals surface area (Å²) in [6.07, 6.45) is 2.65. The van der Waals surface area contributed by atoms with Crippen LogP contribution >= 0.6 is 11.3 Å². The van der Waals surface area contributed by atoms with E-state index in [-0.39, 0.29) is 11.8 Å². The van der Waals surface area contributed by atoms with Crippen LogP contribution in [-0.4, -0.2) is 30.0 Å². The maximum Gasteiger partial charge on any atom is 0.223 e. The molecule has 5 heteroatoms. The Morgan fingerprint density at radius 3 is 3.00 bits per heavy atom. The van der Waals surface area contributed by atoms with Crippen LogP contribution in [0.1, 0.15) is 25.5 Å². The summed E-state index contributed by atoms with van der Waals surface area (Å²) in [6, 6.07) is 10.6. The van der Waals surface area contributed by atoms with Crippen LogP contribution in [-0.2, 0) is 11.2 Å². The zero-order chi connectivity index (χ0) is 16.1. The molecule has 122 valence electrons. The van der Waals surface area contributed by atoms with Crippen molar-refractivity contribution >= 4 is 17.2 Å². The lowest BCUT2D eigenvalue weighted by atomic mass is 9.92. The van der Waals surface area contributed by atoms with E-state index >= 15 is 0 Å². The summed E-state index contributed by atoms with van der Waals surface area (Å²) in [4.78, 5) is 16.9. The summed E-state index contributed by atoms with van der Waals surface area (Å²) >= 11 is 1.66. The van der Waals surface area contributed by atoms with Gasteiger partial charge in [0.2, 0.25) is 5.91 Å². The quantitative estimate of drug-likeness (QED) is 0.887. The summed E-state index contributed by atoms with van der Waals surface area (Å²) in [5.74, 6) is 0.346. The fourth-order valence-electron chi connectivity index (χ4n) is 2.96. The summed E-state index contributed by atoms with van der Waals surface area (Å²) in [5, 5.41) is 9.57. The maximum atomic E-state index is 12.2. The fraction of sp³-hybridized carbons (Fsp3) is 0.444. The van der Waals surface area contributed by atoms with E-state index in [1.54, 1.807) is 11.3 Å². The van der Waals surface area contributed by atoms with Crippen LogP contribution in [0.15, 0.2) is 35.7 Å². The minimum atomic E-state index is 0.154. The van der Waals surface area contributed by atoms with Crippen molar-refractivity contribution in [3.05, 3.63) is 41.4 Å². The molecule has 0 radical (unpaired) electrons. The number of hydrogen-bond acceptors (Lipinski definition) is 4. The molecule has 1 aromatic carbocycles. The molecule has 1 aromatic heterocycles. The van der Waals surface area contributed by atoms with E-state index in [0.29, 0.717) is 12.6 Å². The topological polar surface area (TPSA) is 54.0 Å². The van der Waals surface area contributed by atoms with Gasteiger partial charge in [0.25, 0.3) is 0 Å². The van der Waals surface area contributed by atoms with Gasteiger partial charge in [-0.3, -0.25) is 4.79 Å².